The lowest BCUT2D eigenvalue weighted by atomic mass is 9.87. The number of carbonyl (C=O) groups is 2. The van der Waals surface area contributed by atoms with Crippen LogP contribution in [0.1, 0.15) is 56.2 Å². The number of rotatable bonds is 5. The van der Waals surface area contributed by atoms with Crippen LogP contribution in [0.25, 0.3) is 4.90 Å². The Morgan fingerprint density at radius 2 is 1.94 bits per heavy atom. The molecule has 8 nitrogen and oxygen atoms in total. The molecule has 1 unspecified atom stereocenters. The van der Waals surface area contributed by atoms with Gasteiger partial charge in [0.1, 0.15) is 4.90 Å². The second kappa shape index (κ2) is 7.99. The number of sulfonamides is 1. The molecule has 2 heterocycles. The monoisotopic (exact) mass is 465 g/mol. The van der Waals surface area contributed by atoms with E-state index in [4.69, 9.17) is 0 Å². The maximum atomic E-state index is 13.3. The van der Waals surface area contributed by atoms with Crippen molar-refractivity contribution in [2.75, 3.05) is 12.4 Å². The molecular formula is C21H29N4O4S2+. The molecule has 2 N–H and O–H groups in total. The average molecular weight is 466 g/mol. The Kier molecular flexibility index (Phi) is 6.03. The molecule has 0 aliphatic carbocycles. The Labute approximate surface area is 186 Å². The van der Waals surface area contributed by atoms with E-state index >= 15 is 0 Å². The van der Waals surface area contributed by atoms with E-state index in [0.717, 1.165) is 5.69 Å². The summed E-state index contributed by atoms with van der Waals surface area (Å²) in [6, 6.07) is 3.31. The van der Waals surface area contributed by atoms with E-state index in [9.17, 15) is 18.0 Å². The molecule has 1 aliphatic heterocycles. The van der Waals surface area contributed by atoms with Gasteiger partial charge in [-0.3, -0.25) is 14.9 Å². The van der Waals surface area contributed by atoms with Crippen molar-refractivity contribution < 1.29 is 18.0 Å². The van der Waals surface area contributed by atoms with Crippen molar-refractivity contribution in [2.24, 2.45) is 5.41 Å². The molecule has 0 spiro atoms. The summed E-state index contributed by atoms with van der Waals surface area (Å²) in [4.78, 5) is 31.7. The zero-order chi connectivity index (χ0) is 23.3. The molecule has 10 heteroatoms. The lowest BCUT2D eigenvalue weighted by molar-refractivity contribution is -0.114. The summed E-state index contributed by atoms with van der Waals surface area (Å²) < 4.78 is 28.1. The average Bonchev–Trinajstić information content (AvgIpc) is 3.18. The van der Waals surface area contributed by atoms with Gasteiger partial charge < -0.3 is 4.90 Å². The van der Waals surface area contributed by atoms with Crippen LogP contribution in [-0.2, 0) is 21.4 Å². The van der Waals surface area contributed by atoms with Crippen LogP contribution in [0.2, 0.25) is 0 Å². The van der Waals surface area contributed by atoms with Crippen molar-refractivity contribution in [2.45, 2.75) is 59.0 Å². The number of hydrogen-bond donors (Lipinski definition) is 2. The first kappa shape index (κ1) is 23.4. The van der Waals surface area contributed by atoms with Crippen molar-refractivity contribution >= 4 is 37.4 Å². The van der Waals surface area contributed by atoms with Crippen molar-refractivity contribution in [1.82, 2.24) is 14.6 Å². The van der Waals surface area contributed by atoms with Crippen LogP contribution >= 0.6 is 10.5 Å². The quantitative estimate of drug-likeness (QED) is 0.658. The molecule has 0 fully saturated rings. The largest absolute Gasteiger partial charge is 0.352 e. The molecule has 1 aromatic carbocycles. The Balaban J connectivity index is 2.23. The molecule has 1 aromatic heterocycles. The summed E-state index contributed by atoms with van der Waals surface area (Å²) >= 11 is 0. The Bertz CT molecular complexity index is 1160. The molecule has 0 bridgehead atoms. The maximum Gasteiger partial charge on any atom is 0.352 e. The highest BCUT2D eigenvalue weighted by atomic mass is 32.2. The molecule has 3 rings (SSSR count). The van der Waals surface area contributed by atoms with E-state index in [1.807, 2.05) is 46.1 Å². The van der Waals surface area contributed by atoms with Crippen LogP contribution in [-0.4, -0.2) is 43.2 Å². The predicted molar refractivity (Wildman–Crippen MR) is 122 cm³/mol. The minimum Gasteiger partial charge on any atom is -0.331 e. The first-order chi connectivity index (χ1) is 14.3. The Morgan fingerprint density at radius 3 is 2.48 bits per heavy atom. The third kappa shape index (κ3) is 4.37. The van der Waals surface area contributed by atoms with Crippen LogP contribution in [0.3, 0.4) is 0 Å². The molecule has 0 radical (unpaired) electrons. The third-order valence-electron chi connectivity index (χ3n) is 5.56. The predicted octanol–water partition coefficient (Wildman–Crippen LogP) is 3.39. The van der Waals surface area contributed by atoms with Gasteiger partial charge in [-0.1, -0.05) is 20.8 Å². The summed E-state index contributed by atoms with van der Waals surface area (Å²) in [5, 5.41) is 5.12. The molecule has 2 amide bonds. The van der Waals surface area contributed by atoms with Crippen molar-refractivity contribution in [1.29, 1.82) is 0 Å². The van der Waals surface area contributed by atoms with Crippen LogP contribution < -0.4 is 10.0 Å². The normalized spacial score (nSPS) is 15.8. The number of hydrogen-bond acceptors (Lipinski definition) is 5. The van der Waals surface area contributed by atoms with Crippen LogP contribution in [0.15, 0.2) is 22.4 Å². The molecule has 1 aliphatic rings. The van der Waals surface area contributed by atoms with Gasteiger partial charge in [0.05, 0.1) is 21.7 Å². The lowest BCUT2D eigenvalue weighted by Crippen LogP contribution is -2.42. The number of thiazole rings is 1. The van der Waals surface area contributed by atoms with Gasteiger partial charge in [0.25, 0.3) is 5.91 Å². The van der Waals surface area contributed by atoms with E-state index in [1.54, 1.807) is 4.90 Å². The fourth-order valence-electron chi connectivity index (χ4n) is 3.52. The number of carbonyl (C=O) groups excluding carboxylic acids is 2. The highest BCUT2D eigenvalue weighted by molar-refractivity contribution is 7.89. The lowest BCUT2D eigenvalue weighted by Gasteiger charge is -2.35. The molecule has 0 saturated heterocycles. The molecule has 168 valence electrons. The summed E-state index contributed by atoms with van der Waals surface area (Å²) in [7, 11) is -3.29. The number of nitrogens with one attached hydrogen (secondary N) is 2. The van der Waals surface area contributed by atoms with Gasteiger partial charge in [-0.05, 0) is 31.9 Å². The topological polar surface area (TPSA) is 108 Å². The van der Waals surface area contributed by atoms with Crippen molar-refractivity contribution in [3.05, 3.63) is 34.3 Å². The molecule has 2 aromatic rings. The first-order valence-corrected chi connectivity index (χ1v) is 12.7. The number of aromatic nitrogens is 1. The fourth-order valence-corrected chi connectivity index (χ4v) is 6.45. The minimum atomic E-state index is -3.89. The Hall–Kier alpha value is -2.30. The van der Waals surface area contributed by atoms with Gasteiger partial charge in [0.15, 0.2) is 10.3 Å². The van der Waals surface area contributed by atoms with Gasteiger partial charge in [0.2, 0.25) is 15.9 Å². The number of benzene rings is 1. The van der Waals surface area contributed by atoms with Crippen molar-refractivity contribution in [3.8, 4) is 4.90 Å². The van der Waals surface area contributed by atoms with Gasteiger partial charge in [-0.2, -0.15) is 4.98 Å². The second-order valence-electron chi connectivity index (χ2n) is 8.83. The zero-order valence-electron chi connectivity index (χ0n) is 18.9. The molecule has 0 saturated carbocycles. The SMILES string of the molecule is CNS(=O)(=O)c1cc(-[s+]2cc(C)nc2NC(C)=O)cc2c1C(=O)N([C@@H](C)C(C)(C)C)C2. The first-order valence-electron chi connectivity index (χ1n) is 9.95. The number of nitrogens with zero attached hydrogens (tertiary/aromatic N) is 2. The van der Waals surface area contributed by atoms with Crippen LogP contribution in [0, 0.1) is 12.3 Å². The number of amides is 2. The van der Waals surface area contributed by atoms with E-state index in [2.05, 4.69) is 15.0 Å². The number of anilines is 1. The van der Waals surface area contributed by atoms with Crippen molar-refractivity contribution in [3.63, 3.8) is 0 Å². The van der Waals surface area contributed by atoms with Gasteiger partial charge in [-0.15, -0.1) is 0 Å². The summed E-state index contributed by atoms with van der Waals surface area (Å²) in [6.45, 7) is 11.7. The van der Waals surface area contributed by atoms with Gasteiger partial charge in [0, 0.05) is 31.6 Å². The highest BCUT2D eigenvalue weighted by Crippen LogP contribution is 2.44. The number of aryl methyl sites for hydroxylation is 1. The number of fused-ring (bicyclic) bond motifs is 1. The highest BCUT2D eigenvalue weighted by Gasteiger charge is 2.41. The van der Waals surface area contributed by atoms with E-state index in [1.165, 1.54) is 20.0 Å². The smallest absolute Gasteiger partial charge is 0.331 e. The minimum absolute atomic E-state index is 0.0382. The van der Waals surface area contributed by atoms with Crippen LogP contribution in [0.4, 0.5) is 5.13 Å². The third-order valence-corrected chi connectivity index (χ3v) is 8.93. The zero-order valence-corrected chi connectivity index (χ0v) is 20.5. The fraction of sp³-hybridized carbons (Fsp3) is 0.476. The van der Waals surface area contributed by atoms with E-state index in [0.29, 0.717) is 22.1 Å². The van der Waals surface area contributed by atoms with Gasteiger partial charge >= 0.3 is 5.13 Å². The second-order valence-corrected chi connectivity index (χ2v) is 12.5. The summed E-state index contributed by atoms with van der Waals surface area (Å²) in [6.07, 6.45) is 0. The van der Waals surface area contributed by atoms with E-state index in [-0.39, 0.29) is 33.7 Å². The standard InChI is InChI=1S/C21H28N4O4S2/c1-12-11-30(20(23-12)24-14(3)26)16-8-15-10-25(13(2)21(4,5)6)19(27)18(15)17(9-16)31(28,29)22-7/h8-9,11,13,22H,10H2,1-7H3/p+1/t13-,30?/m0/s1. The molecular weight excluding hydrogens is 436 g/mol. The van der Waals surface area contributed by atoms with E-state index < -0.39 is 20.5 Å². The molecule has 31 heavy (non-hydrogen) atoms. The summed E-state index contributed by atoms with van der Waals surface area (Å²) in [5.41, 5.74) is 1.46. The Morgan fingerprint density at radius 1 is 1.29 bits per heavy atom. The van der Waals surface area contributed by atoms with Crippen LogP contribution in [0.5, 0.6) is 0 Å². The molecule has 2 atom stereocenters. The maximum absolute atomic E-state index is 13.3. The van der Waals surface area contributed by atoms with Gasteiger partial charge in [-0.25, -0.2) is 13.1 Å². The summed E-state index contributed by atoms with van der Waals surface area (Å²) in [5.74, 6) is -0.529.